The normalized spacial score (nSPS) is 11.6. The van der Waals surface area contributed by atoms with Crippen molar-refractivity contribution in [3.63, 3.8) is 0 Å². The molecular formula is C13H9ClFN3O. The largest absolute Gasteiger partial charge is 0.618 e. The van der Waals surface area contributed by atoms with Gasteiger partial charge in [0.15, 0.2) is 6.20 Å². The Morgan fingerprint density at radius 2 is 2.16 bits per heavy atom. The van der Waals surface area contributed by atoms with Crippen molar-refractivity contribution in [2.75, 3.05) is 5.32 Å². The summed E-state index contributed by atoms with van der Waals surface area (Å²) in [5.41, 5.74) is 0.715. The van der Waals surface area contributed by atoms with Gasteiger partial charge in [0.25, 0.3) is 0 Å². The van der Waals surface area contributed by atoms with Gasteiger partial charge in [0.05, 0.1) is 11.1 Å². The number of nitrogens with one attached hydrogen (secondary N) is 1. The Kier molecular flexibility index (Phi) is 3.83. The lowest BCUT2D eigenvalue weighted by Crippen LogP contribution is -2.34. The molecule has 2 rings (SSSR count). The Bertz CT molecular complexity index is 642. The second-order valence-corrected chi connectivity index (χ2v) is 4.19. The predicted molar refractivity (Wildman–Crippen MR) is 68.8 cm³/mol. The Labute approximate surface area is 114 Å². The molecular weight excluding hydrogens is 269 g/mol. The van der Waals surface area contributed by atoms with Crippen LogP contribution in [0.3, 0.4) is 0 Å². The summed E-state index contributed by atoms with van der Waals surface area (Å²) in [6, 6.07) is 9.89. The fraction of sp³-hybridized carbons (Fsp3) is 0.0769. The van der Waals surface area contributed by atoms with E-state index in [1.165, 1.54) is 24.4 Å². The number of aromatic nitrogens is 1. The van der Waals surface area contributed by atoms with E-state index < -0.39 is 11.9 Å². The summed E-state index contributed by atoms with van der Waals surface area (Å²) in [7, 11) is 0. The van der Waals surface area contributed by atoms with Gasteiger partial charge in [-0.1, -0.05) is 11.6 Å². The fourth-order valence-corrected chi connectivity index (χ4v) is 1.77. The molecule has 19 heavy (non-hydrogen) atoms. The molecule has 1 heterocycles. The predicted octanol–water partition coefficient (Wildman–Crippen LogP) is 2.79. The first-order valence-electron chi connectivity index (χ1n) is 5.41. The van der Waals surface area contributed by atoms with Gasteiger partial charge in [0, 0.05) is 17.8 Å². The van der Waals surface area contributed by atoms with Crippen LogP contribution < -0.4 is 10.0 Å². The number of pyridine rings is 1. The van der Waals surface area contributed by atoms with E-state index in [0.29, 0.717) is 10.4 Å². The lowest BCUT2D eigenvalue weighted by Gasteiger charge is -2.12. The van der Waals surface area contributed by atoms with E-state index in [1.54, 1.807) is 18.2 Å². The number of nitriles is 1. The molecule has 0 aliphatic heterocycles. The summed E-state index contributed by atoms with van der Waals surface area (Å²) >= 11 is 5.65. The van der Waals surface area contributed by atoms with Crippen molar-refractivity contribution in [3.8, 4) is 6.07 Å². The summed E-state index contributed by atoms with van der Waals surface area (Å²) in [6.45, 7) is 0. The van der Waals surface area contributed by atoms with Crippen molar-refractivity contribution in [1.29, 1.82) is 5.26 Å². The van der Waals surface area contributed by atoms with Gasteiger partial charge >= 0.3 is 0 Å². The smallest absolute Gasteiger partial charge is 0.229 e. The molecule has 0 saturated carbocycles. The molecule has 0 aliphatic carbocycles. The molecule has 0 spiro atoms. The van der Waals surface area contributed by atoms with E-state index in [-0.39, 0.29) is 10.7 Å². The number of rotatable bonds is 3. The van der Waals surface area contributed by atoms with E-state index >= 15 is 0 Å². The summed E-state index contributed by atoms with van der Waals surface area (Å²) in [5, 5.41) is 23.5. The van der Waals surface area contributed by atoms with Gasteiger partial charge in [-0.3, -0.25) is 0 Å². The molecule has 1 aromatic carbocycles. The maximum Gasteiger partial charge on any atom is 0.229 e. The minimum absolute atomic E-state index is 0.0512. The van der Waals surface area contributed by atoms with Gasteiger partial charge in [-0.2, -0.15) is 9.99 Å². The van der Waals surface area contributed by atoms with Crippen LogP contribution in [0.25, 0.3) is 0 Å². The van der Waals surface area contributed by atoms with E-state index in [9.17, 15) is 9.60 Å². The molecule has 96 valence electrons. The number of hydrogen-bond acceptors (Lipinski definition) is 3. The molecule has 1 unspecified atom stereocenters. The van der Waals surface area contributed by atoms with Gasteiger partial charge in [-0.15, -0.1) is 0 Å². The molecule has 0 fully saturated rings. The van der Waals surface area contributed by atoms with Gasteiger partial charge in [-0.05, 0) is 24.3 Å². The zero-order valence-electron chi connectivity index (χ0n) is 9.68. The van der Waals surface area contributed by atoms with E-state index in [2.05, 4.69) is 5.32 Å². The third-order valence-electron chi connectivity index (χ3n) is 2.51. The third-order valence-corrected chi connectivity index (χ3v) is 2.80. The molecule has 0 radical (unpaired) electrons. The van der Waals surface area contributed by atoms with Crippen molar-refractivity contribution >= 4 is 17.3 Å². The molecule has 4 nitrogen and oxygen atoms in total. The van der Waals surface area contributed by atoms with Crippen LogP contribution in [0.1, 0.15) is 11.7 Å². The molecule has 1 N–H and O–H groups in total. The van der Waals surface area contributed by atoms with Crippen LogP contribution in [0.2, 0.25) is 5.02 Å². The van der Waals surface area contributed by atoms with Gasteiger partial charge < -0.3 is 10.5 Å². The first kappa shape index (κ1) is 13.1. The van der Waals surface area contributed by atoms with Crippen LogP contribution in [0.4, 0.5) is 10.1 Å². The number of halogens is 2. The Morgan fingerprint density at radius 3 is 2.79 bits per heavy atom. The topological polar surface area (TPSA) is 62.8 Å². The Morgan fingerprint density at radius 1 is 1.37 bits per heavy atom. The highest BCUT2D eigenvalue weighted by Gasteiger charge is 2.18. The number of benzene rings is 1. The van der Waals surface area contributed by atoms with E-state index in [0.717, 1.165) is 0 Å². The van der Waals surface area contributed by atoms with E-state index in [1.807, 2.05) is 6.07 Å². The molecule has 0 saturated heterocycles. The zero-order chi connectivity index (χ0) is 13.8. The molecule has 0 aliphatic rings. The Balaban J connectivity index is 2.27. The molecule has 1 aromatic heterocycles. The zero-order valence-corrected chi connectivity index (χ0v) is 10.4. The first-order chi connectivity index (χ1) is 9.11. The van der Waals surface area contributed by atoms with Crippen molar-refractivity contribution in [2.24, 2.45) is 0 Å². The number of nitrogens with zero attached hydrogens (tertiary/aromatic N) is 2. The molecule has 2 aromatic rings. The molecule has 1 atom stereocenters. The molecule has 6 heteroatoms. The van der Waals surface area contributed by atoms with Gasteiger partial charge in [-0.25, -0.2) is 4.39 Å². The summed E-state index contributed by atoms with van der Waals surface area (Å²) in [5.74, 6) is -0.542. The standard InChI is InChI=1S/C13H9ClFN3O/c14-10-7-9(4-5-11(10)15)17-12(8-16)13-3-1-2-6-18(13)19/h1-7,12,17H. The van der Waals surface area contributed by atoms with Crippen LogP contribution >= 0.6 is 11.6 Å². The third kappa shape index (κ3) is 2.92. The van der Waals surface area contributed by atoms with Crippen LogP contribution in [-0.2, 0) is 0 Å². The van der Waals surface area contributed by atoms with Crippen LogP contribution in [-0.4, -0.2) is 0 Å². The van der Waals surface area contributed by atoms with Crippen molar-refractivity contribution in [3.05, 3.63) is 64.3 Å². The second-order valence-electron chi connectivity index (χ2n) is 3.79. The number of anilines is 1. The van der Waals surface area contributed by atoms with Crippen LogP contribution in [0.15, 0.2) is 42.6 Å². The lowest BCUT2D eigenvalue weighted by atomic mass is 10.2. The van der Waals surface area contributed by atoms with Gasteiger partial charge in [0.1, 0.15) is 5.82 Å². The van der Waals surface area contributed by atoms with Crippen molar-refractivity contribution in [1.82, 2.24) is 0 Å². The quantitative estimate of drug-likeness (QED) is 0.693. The molecule has 0 bridgehead atoms. The van der Waals surface area contributed by atoms with Gasteiger partial charge in [0.2, 0.25) is 11.7 Å². The molecule has 0 amide bonds. The van der Waals surface area contributed by atoms with Crippen LogP contribution in [0.5, 0.6) is 0 Å². The highest BCUT2D eigenvalue weighted by molar-refractivity contribution is 6.31. The fourth-order valence-electron chi connectivity index (χ4n) is 1.59. The summed E-state index contributed by atoms with van der Waals surface area (Å²) < 4.78 is 13.6. The highest BCUT2D eigenvalue weighted by atomic mass is 35.5. The van der Waals surface area contributed by atoms with Crippen molar-refractivity contribution in [2.45, 2.75) is 6.04 Å². The lowest BCUT2D eigenvalue weighted by molar-refractivity contribution is -0.614. The maximum atomic E-state index is 13.0. The second kappa shape index (κ2) is 5.55. The minimum atomic E-state index is -0.847. The van der Waals surface area contributed by atoms with Crippen LogP contribution in [0, 0.1) is 22.4 Å². The summed E-state index contributed by atoms with van der Waals surface area (Å²) in [6.07, 6.45) is 1.30. The SMILES string of the molecule is N#CC(Nc1ccc(F)c(Cl)c1)c1cccc[n+]1[O-]. The maximum absolute atomic E-state index is 13.0. The Hall–Kier alpha value is -2.32. The average Bonchev–Trinajstić information content (AvgIpc) is 2.41. The monoisotopic (exact) mass is 277 g/mol. The highest BCUT2D eigenvalue weighted by Crippen LogP contribution is 2.22. The van der Waals surface area contributed by atoms with Crippen molar-refractivity contribution < 1.29 is 9.12 Å². The number of hydrogen-bond donors (Lipinski definition) is 1. The average molecular weight is 278 g/mol. The minimum Gasteiger partial charge on any atom is -0.618 e. The first-order valence-corrected chi connectivity index (χ1v) is 5.79. The van der Waals surface area contributed by atoms with E-state index in [4.69, 9.17) is 16.9 Å². The summed E-state index contributed by atoms with van der Waals surface area (Å²) in [4.78, 5) is 0.